The fourth-order valence-corrected chi connectivity index (χ4v) is 4.39. The van der Waals surface area contributed by atoms with Crippen LogP contribution in [0.25, 0.3) is 0 Å². The van der Waals surface area contributed by atoms with E-state index in [0.717, 1.165) is 5.56 Å². The van der Waals surface area contributed by atoms with Crippen molar-refractivity contribution in [3.63, 3.8) is 0 Å². The molecular formula is C28H27N3O6. The number of allylic oxidation sites excluding steroid dienone is 1. The summed E-state index contributed by atoms with van der Waals surface area (Å²) in [4.78, 5) is 39.1. The van der Waals surface area contributed by atoms with Gasteiger partial charge in [0.1, 0.15) is 6.61 Å². The van der Waals surface area contributed by atoms with E-state index in [9.17, 15) is 19.7 Å². The molecule has 1 heterocycles. The van der Waals surface area contributed by atoms with Crippen LogP contribution in [0.5, 0.6) is 11.5 Å². The Kier molecular flexibility index (Phi) is 7.52. The van der Waals surface area contributed by atoms with Crippen LogP contribution in [0.15, 0.2) is 84.1 Å². The second kappa shape index (κ2) is 10.9. The molecule has 3 aromatic rings. The zero-order valence-electron chi connectivity index (χ0n) is 20.8. The molecule has 1 aliphatic heterocycles. The predicted octanol–water partition coefficient (Wildman–Crippen LogP) is 5.71. The van der Waals surface area contributed by atoms with Crippen molar-refractivity contribution < 1.29 is 24.0 Å². The molecule has 0 bridgehead atoms. The van der Waals surface area contributed by atoms with Crippen LogP contribution in [0, 0.1) is 10.1 Å². The van der Waals surface area contributed by atoms with Gasteiger partial charge in [0, 0.05) is 11.3 Å². The van der Waals surface area contributed by atoms with E-state index in [1.54, 1.807) is 38.1 Å². The minimum absolute atomic E-state index is 0.131. The highest BCUT2D eigenvalue weighted by atomic mass is 16.6. The van der Waals surface area contributed by atoms with Crippen molar-refractivity contribution in [2.75, 3.05) is 11.5 Å². The van der Waals surface area contributed by atoms with Crippen molar-refractivity contribution in [1.82, 2.24) is 5.32 Å². The van der Waals surface area contributed by atoms with Crippen LogP contribution in [0.1, 0.15) is 37.9 Å². The molecule has 2 amide bonds. The monoisotopic (exact) mass is 501 g/mol. The summed E-state index contributed by atoms with van der Waals surface area (Å²) in [5.74, 6) is 0.152. The van der Waals surface area contributed by atoms with Gasteiger partial charge in [-0.05, 0) is 44.5 Å². The van der Waals surface area contributed by atoms with Crippen LogP contribution in [0.4, 0.5) is 16.2 Å². The number of ketones is 1. The fraction of sp³-hybridized carbons (Fsp3) is 0.214. The third-order valence-corrected chi connectivity index (χ3v) is 6.02. The molecule has 1 atom stereocenters. The van der Waals surface area contributed by atoms with Gasteiger partial charge in [-0.25, -0.2) is 4.79 Å². The Hall–Kier alpha value is -4.66. The topological polar surface area (TPSA) is 111 Å². The van der Waals surface area contributed by atoms with E-state index in [1.807, 2.05) is 36.4 Å². The van der Waals surface area contributed by atoms with E-state index in [2.05, 4.69) is 5.32 Å². The Labute approximate surface area is 214 Å². The molecule has 3 aromatic carbocycles. The van der Waals surface area contributed by atoms with E-state index >= 15 is 0 Å². The number of nitro groups is 1. The molecule has 0 aliphatic carbocycles. The predicted molar refractivity (Wildman–Crippen MR) is 139 cm³/mol. The number of rotatable bonds is 9. The van der Waals surface area contributed by atoms with E-state index in [-0.39, 0.29) is 47.3 Å². The van der Waals surface area contributed by atoms with Crippen LogP contribution in [0.2, 0.25) is 0 Å². The molecular weight excluding hydrogens is 474 g/mol. The number of nitrogens with one attached hydrogen (secondary N) is 1. The molecule has 0 saturated heterocycles. The number of amides is 2. The number of urea groups is 1. The summed E-state index contributed by atoms with van der Waals surface area (Å²) in [5.41, 5.74) is 1.93. The number of nitro benzene ring substituents is 1. The maximum absolute atomic E-state index is 13.2. The van der Waals surface area contributed by atoms with E-state index in [1.165, 1.54) is 24.0 Å². The lowest BCUT2D eigenvalue weighted by molar-refractivity contribution is -0.385. The van der Waals surface area contributed by atoms with Gasteiger partial charge in [-0.3, -0.25) is 19.8 Å². The average Bonchev–Trinajstić information content (AvgIpc) is 2.88. The smallest absolute Gasteiger partial charge is 0.327 e. The van der Waals surface area contributed by atoms with Gasteiger partial charge in [0.2, 0.25) is 0 Å². The summed E-state index contributed by atoms with van der Waals surface area (Å²) in [6, 6.07) is 19.5. The van der Waals surface area contributed by atoms with Crippen LogP contribution in [-0.4, -0.2) is 23.3 Å². The van der Waals surface area contributed by atoms with Crippen LogP contribution < -0.4 is 19.7 Å². The molecule has 9 heteroatoms. The zero-order chi connectivity index (χ0) is 26.5. The summed E-state index contributed by atoms with van der Waals surface area (Å²) in [7, 11) is 0. The zero-order valence-corrected chi connectivity index (χ0v) is 20.8. The van der Waals surface area contributed by atoms with E-state index in [0.29, 0.717) is 11.4 Å². The lowest BCUT2D eigenvalue weighted by atomic mass is 9.90. The molecule has 37 heavy (non-hydrogen) atoms. The lowest BCUT2D eigenvalue weighted by Gasteiger charge is -2.35. The van der Waals surface area contributed by atoms with Gasteiger partial charge in [-0.2, -0.15) is 0 Å². The molecule has 190 valence electrons. The van der Waals surface area contributed by atoms with Gasteiger partial charge in [0.05, 0.1) is 34.9 Å². The van der Waals surface area contributed by atoms with Crippen LogP contribution in [0.3, 0.4) is 0 Å². The summed E-state index contributed by atoms with van der Waals surface area (Å²) < 4.78 is 11.7. The Morgan fingerprint density at radius 3 is 2.24 bits per heavy atom. The number of carbonyl (C=O) groups excluding carboxylic acids is 2. The van der Waals surface area contributed by atoms with Gasteiger partial charge in [0.25, 0.3) is 5.69 Å². The molecule has 0 fully saturated rings. The maximum Gasteiger partial charge on any atom is 0.327 e. The van der Waals surface area contributed by atoms with Gasteiger partial charge in [-0.1, -0.05) is 48.5 Å². The normalized spacial score (nSPS) is 15.3. The quantitative estimate of drug-likeness (QED) is 0.297. The molecule has 0 saturated carbocycles. The van der Waals surface area contributed by atoms with Gasteiger partial charge in [0.15, 0.2) is 17.3 Å². The van der Waals surface area contributed by atoms with Crippen LogP contribution in [-0.2, 0) is 11.4 Å². The minimum Gasteiger partial charge on any atom is -0.490 e. The Bertz CT molecular complexity index is 1360. The number of ether oxygens (including phenoxy) is 2. The summed E-state index contributed by atoms with van der Waals surface area (Å²) in [6.07, 6.45) is 0. The SMILES string of the molecule is CCOc1cc([C@@H]2NC(=O)N(c3ccccc3)C(C)=C2C(C)=O)c([N+](=O)[O-])cc1OCc1ccccc1. The third-order valence-electron chi connectivity index (χ3n) is 6.02. The summed E-state index contributed by atoms with van der Waals surface area (Å²) >= 11 is 0. The first-order valence-corrected chi connectivity index (χ1v) is 11.8. The molecule has 1 aliphatic rings. The van der Waals surface area contributed by atoms with Crippen molar-refractivity contribution in [3.8, 4) is 11.5 Å². The third kappa shape index (κ3) is 5.30. The molecule has 0 radical (unpaired) electrons. The molecule has 0 spiro atoms. The molecule has 0 aromatic heterocycles. The van der Waals surface area contributed by atoms with Crippen LogP contribution >= 0.6 is 0 Å². The highest BCUT2D eigenvalue weighted by molar-refractivity contribution is 6.05. The molecule has 0 unspecified atom stereocenters. The number of hydrogen-bond acceptors (Lipinski definition) is 6. The summed E-state index contributed by atoms with van der Waals surface area (Å²) in [5, 5.41) is 15.0. The van der Waals surface area contributed by atoms with Crippen molar-refractivity contribution in [3.05, 3.63) is 105 Å². The van der Waals surface area contributed by atoms with Crippen molar-refractivity contribution in [1.29, 1.82) is 0 Å². The second-order valence-corrected chi connectivity index (χ2v) is 8.43. The number of carbonyl (C=O) groups is 2. The minimum atomic E-state index is -1.05. The Morgan fingerprint density at radius 2 is 1.65 bits per heavy atom. The molecule has 9 nitrogen and oxygen atoms in total. The fourth-order valence-electron chi connectivity index (χ4n) is 4.39. The van der Waals surface area contributed by atoms with Gasteiger partial charge < -0.3 is 14.8 Å². The highest BCUT2D eigenvalue weighted by Gasteiger charge is 2.38. The molecule has 1 N–H and O–H groups in total. The number of Topliss-reactive ketones (excluding diaryl/α,β-unsaturated/α-hetero) is 1. The largest absolute Gasteiger partial charge is 0.490 e. The number of hydrogen-bond donors (Lipinski definition) is 1. The van der Waals surface area contributed by atoms with Crippen molar-refractivity contribution in [2.24, 2.45) is 0 Å². The average molecular weight is 502 g/mol. The standard InChI is InChI=1S/C28H27N3O6/c1-4-36-24-15-22(23(31(34)35)16-25(24)37-17-20-11-7-5-8-12-20)27-26(19(3)32)18(2)30(28(33)29-27)21-13-9-6-10-14-21/h5-16,27H,4,17H2,1-3H3,(H,29,33)/t27-/m0/s1. The van der Waals surface area contributed by atoms with E-state index < -0.39 is 17.0 Å². The second-order valence-electron chi connectivity index (χ2n) is 8.43. The van der Waals surface area contributed by atoms with Crippen molar-refractivity contribution >= 4 is 23.2 Å². The highest BCUT2D eigenvalue weighted by Crippen LogP contribution is 2.42. The van der Waals surface area contributed by atoms with Crippen molar-refractivity contribution in [2.45, 2.75) is 33.4 Å². The van der Waals surface area contributed by atoms with Gasteiger partial charge in [-0.15, -0.1) is 0 Å². The van der Waals surface area contributed by atoms with Gasteiger partial charge >= 0.3 is 6.03 Å². The number of nitrogens with zero attached hydrogens (tertiary/aromatic N) is 2. The summed E-state index contributed by atoms with van der Waals surface area (Å²) in [6.45, 7) is 5.28. The number of anilines is 1. The Balaban J connectivity index is 1.81. The first kappa shape index (κ1) is 25.4. The lowest BCUT2D eigenvalue weighted by Crippen LogP contribution is -2.48. The number of benzene rings is 3. The van der Waals surface area contributed by atoms with E-state index in [4.69, 9.17) is 9.47 Å². The maximum atomic E-state index is 13.2. The molecule has 4 rings (SSSR count). The first-order valence-electron chi connectivity index (χ1n) is 11.8. The first-order chi connectivity index (χ1) is 17.8. The Morgan fingerprint density at radius 1 is 1.03 bits per heavy atom. The number of para-hydroxylation sites is 1.